The van der Waals surface area contributed by atoms with E-state index >= 15 is 0 Å². The van der Waals surface area contributed by atoms with Crippen LogP contribution in [0.15, 0.2) is 66.1 Å². The van der Waals surface area contributed by atoms with Crippen molar-refractivity contribution in [1.29, 1.82) is 0 Å². The number of aromatic nitrogens is 2. The third kappa shape index (κ3) is 4.56. The molecule has 170 valence electrons. The van der Waals surface area contributed by atoms with Crippen LogP contribution >= 0.6 is 0 Å². The molecule has 2 unspecified atom stereocenters. The molecule has 3 aromatic rings. The highest BCUT2D eigenvalue weighted by Crippen LogP contribution is 2.34. The van der Waals surface area contributed by atoms with Crippen LogP contribution in [-0.4, -0.2) is 41.4 Å². The monoisotopic (exact) mass is 456 g/mol. The summed E-state index contributed by atoms with van der Waals surface area (Å²) in [7, 11) is -2.00. The van der Waals surface area contributed by atoms with Crippen molar-refractivity contribution in [3.8, 4) is 0 Å². The lowest BCUT2D eigenvalue weighted by Gasteiger charge is -2.24. The fourth-order valence-corrected chi connectivity index (χ4v) is 5.56. The highest BCUT2D eigenvalue weighted by atomic mass is 32.2. The topological polar surface area (TPSA) is 67.2 Å². The average molecular weight is 457 g/mol. The van der Waals surface area contributed by atoms with Gasteiger partial charge in [-0.3, -0.25) is 0 Å². The van der Waals surface area contributed by atoms with E-state index in [1.165, 1.54) is 34.5 Å². The van der Waals surface area contributed by atoms with Crippen LogP contribution in [0.4, 0.5) is 10.1 Å². The van der Waals surface area contributed by atoms with E-state index in [4.69, 9.17) is 0 Å². The van der Waals surface area contributed by atoms with Crippen LogP contribution < -0.4 is 5.32 Å². The molecule has 0 bridgehead atoms. The quantitative estimate of drug-likeness (QED) is 0.627. The molecule has 1 saturated heterocycles. The Hall–Kier alpha value is -2.71. The summed E-state index contributed by atoms with van der Waals surface area (Å²) < 4.78 is 43.1. The largest absolute Gasteiger partial charge is 0.380 e. The molecule has 4 rings (SSSR count). The molecule has 32 heavy (non-hydrogen) atoms. The normalized spacial score (nSPS) is 19.9. The number of aryl methyl sites for hydroxylation is 1. The molecule has 2 aromatic carbocycles. The number of benzene rings is 2. The molecule has 2 heterocycles. The maximum atomic E-state index is 13.5. The number of imidazole rings is 1. The number of halogens is 1. The van der Waals surface area contributed by atoms with Gasteiger partial charge in [0.2, 0.25) is 0 Å². The predicted octanol–water partition coefficient (Wildman–Crippen LogP) is 4.13. The molecule has 0 spiro atoms. The molecular weight excluding hydrogens is 427 g/mol. The number of nitrogens with one attached hydrogen (secondary N) is 1. The van der Waals surface area contributed by atoms with Crippen molar-refractivity contribution < 1.29 is 12.8 Å². The van der Waals surface area contributed by atoms with Gasteiger partial charge in [0, 0.05) is 44.0 Å². The van der Waals surface area contributed by atoms with E-state index < -0.39 is 10.0 Å². The minimum atomic E-state index is -3.74. The molecule has 1 fully saturated rings. The molecule has 2 atom stereocenters. The van der Waals surface area contributed by atoms with Gasteiger partial charge in [-0.05, 0) is 40.8 Å². The maximum Gasteiger partial charge on any atom is 0.262 e. The van der Waals surface area contributed by atoms with E-state index in [2.05, 4.69) is 43.2 Å². The Morgan fingerprint density at radius 3 is 2.44 bits per heavy atom. The van der Waals surface area contributed by atoms with Gasteiger partial charge in [0.1, 0.15) is 5.82 Å². The van der Waals surface area contributed by atoms with Crippen LogP contribution in [-0.2, 0) is 22.5 Å². The molecule has 8 heteroatoms. The van der Waals surface area contributed by atoms with E-state index in [9.17, 15) is 12.8 Å². The zero-order chi connectivity index (χ0) is 23.1. The van der Waals surface area contributed by atoms with Gasteiger partial charge in [-0.15, -0.1) is 0 Å². The van der Waals surface area contributed by atoms with Crippen LogP contribution in [0.25, 0.3) is 0 Å². The van der Waals surface area contributed by atoms with Crippen molar-refractivity contribution in [3.63, 3.8) is 0 Å². The molecule has 0 radical (unpaired) electrons. The molecular formula is C24H29FN4O2S. The van der Waals surface area contributed by atoms with Crippen LogP contribution in [0.2, 0.25) is 0 Å². The minimum Gasteiger partial charge on any atom is -0.380 e. The smallest absolute Gasteiger partial charge is 0.262 e. The fourth-order valence-electron chi connectivity index (χ4n) is 4.10. The van der Waals surface area contributed by atoms with E-state index in [0.717, 1.165) is 11.3 Å². The molecule has 0 aliphatic carbocycles. The number of rotatable bonds is 5. The molecule has 0 saturated carbocycles. The lowest BCUT2D eigenvalue weighted by atomic mass is 9.87. The zero-order valence-electron chi connectivity index (χ0n) is 18.8. The van der Waals surface area contributed by atoms with Gasteiger partial charge in [-0.2, -0.15) is 4.31 Å². The van der Waals surface area contributed by atoms with Crippen LogP contribution in [0.3, 0.4) is 0 Å². The van der Waals surface area contributed by atoms with Crippen molar-refractivity contribution in [2.75, 3.05) is 18.4 Å². The maximum absolute atomic E-state index is 13.5. The van der Waals surface area contributed by atoms with Gasteiger partial charge in [0.25, 0.3) is 10.0 Å². The summed E-state index contributed by atoms with van der Waals surface area (Å²) in [4.78, 5) is 4.05. The third-order valence-electron chi connectivity index (χ3n) is 5.95. The zero-order valence-corrected chi connectivity index (χ0v) is 19.6. The van der Waals surface area contributed by atoms with Gasteiger partial charge in [0.15, 0.2) is 5.03 Å². The van der Waals surface area contributed by atoms with E-state index in [1.807, 2.05) is 12.1 Å². The first-order valence-electron chi connectivity index (χ1n) is 10.6. The molecule has 6 nitrogen and oxygen atoms in total. The number of nitrogens with zero attached hydrogens (tertiary/aromatic N) is 3. The number of hydrogen-bond donors (Lipinski definition) is 1. The lowest BCUT2D eigenvalue weighted by molar-refractivity contribution is 0.468. The summed E-state index contributed by atoms with van der Waals surface area (Å²) in [5.74, 6) is -0.445. The highest BCUT2D eigenvalue weighted by molar-refractivity contribution is 7.89. The van der Waals surface area contributed by atoms with Crippen molar-refractivity contribution in [3.05, 3.63) is 78.0 Å². The molecule has 1 aliphatic heterocycles. The van der Waals surface area contributed by atoms with Gasteiger partial charge in [0.05, 0.1) is 6.33 Å². The average Bonchev–Trinajstić information content (AvgIpc) is 3.36. The minimum absolute atomic E-state index is 0.00191. The van der Waals surface area contributed by atoms with Gasteiger partial charge in [-0.1, -0.05) is 45.0 Å². The second-order valence-electron chi connectivity index (χ2n) is 9.44. The number of anilines is 1. The Morgan fingerprint density at radius 1 is 1.09 bits per heavy atom. The van der Waals surface area contributed by atoms with Crippen molar-refractivity contribution in [2.24, 2.45) is 7.05 Å². The van der Waals surface area contributed by atoms with Crippen LogP contribution in [0.5, 0.6) is 0 Å². The van der Waals surface area contributed by atoms with E-state index in [-0.39, 0.29) is 28.2 Å². The second kappa shape index (κ2) is 8.33. The molecule has 1 N–H and O–H groups in total. The van der Waals surface area contributed by atoms with Crippen LogP contribution in [0.1, 0.15) is 37.8 Å². The van der Waals surface area contributed by atoms with Gasteiger partial charge < -0.3 is 9.88 Å². The predicted molar refractivity (Wildman–Crippen MR) is 124 cm³/mol. The summed E-state index contributed by atoms with van der Waals surface area (Å²) >= 11 is 0. The molecule has 1 aromatic heterocycles. The van der Waals surface area contributed by atoms with Crippen molar-refractivity contribution in [2.45, 2.75) is 43.2 Å². The number of hydrogen-bond acceptors (Lipinski definition) is 4. The summed E-state index contributed by atoms with van der Waals surface area (Å²) in [5, 5.41) is 3.59. The Labute approximate surface area is 189 Å². The van der Waals surface area contributed by atoms with Crippen molar-refractivity contribution in [1.82, 2.24) is 13.9 Å². The Balaban J connectivity index is 1.66. The fraction of sp³-hybridized carbons (Fsp3) is 0.375. The second-order valence-corrected chi connectivity index (χ2v) is 11.3. The van der Waals surface area contributed by atoms with E-state index in [0.29, 0.717) is 13.1 Å². The van der Waals surface area contributed by atoms with Gasteiger partial charge in [-0.25, -0.2) is 17.8 Å². The highest BCUT2D eigenvalue weighted by Gasteiger charge is 2.41. The first-order chi connectivity index (χ1) is 15.0. The lowest BCUT2D eigenvalue weighted by Crippen LogP contribution is -2.32. The van der Waals surface area contributed by atoms with E-state index in [1.54, 1.807) is 23.7 Å². The summed E-state index contributed by atoms with van der Waals surface area (Å²) in [6, 6.07) is 14.3. The summed E-state index contributed by atoms with van der Waals surface area (Å²) in [6.45, 7) is 7.06. The first-order valence-corrected chi connectivity index (χ1v) is 12.1. The van der Waals surface area contributed by atoms with Crippen LogP contribution in [0, 0.1) is 5.82 Å². The first kappa shape index (κ1) is 22.5. The summed E-state index contributed by atoms with van der Waals surface area (Å²) in [5.41, 5.74) is 3.02. The molecule has 1 aliphatic rings. The third-order valence-corrected chi connectivity index (χ3v) is 7.67. The van der Waals surface area contributed by atoms with Gasteiger partial charge >= 0.3 is 0 Å². The number of sulfonamides is 1. The molecule has 0 amide bonds. The Bertz CT molecular complexity index is 1200. The standard InChI is InChI=1S/C24H29FN4O2S/c1-24(2,3)18-6-5-7-20(12-18)27-22-14-29(32(30,31)23-15-28(4)16-26-23)13-21(22)17-8-10-19(25)11-9-17/h5-12,15-16,21-22,27H,13-14H2,1-4H3. The van der Waals surface area contributed by atoms with Crippen molar-refractivity contribution >= 4 is 15.7 Å². The SMILES string of the molecule is Cn1cnc(S(=O)(=O)N2CC(Nc3cccc(C(C)(C)C)c3)C(c3ccc(F)cc3)C2)c1. The summed E-state index contributed by atoms with van der Waals surface area (Å²) in [6.07, 6.45) is 2.99. The Morgan fingerprint density at radius 2 is 1.81 bits per heavy atom. The Kier molecular flexibility index (Phi) is 5.85.